The summed E-state index contributed by atoms with van der Waals surface area (Å²) in [5.74, 6) is 0. The van der Waals surface area contributed by atoms with E-state index in [0.717, 1.165) is 39.2 Å². The molecule has 218 valence electrons. The van der Waals surface area contributed by atoms with Crippen LogP contribution in [-0.2, 0) is 0 Å². The van der Waals surface area contributed by atoms with Crippen molar-refractivity contribution >= 4 is 65.2 Å². The van der Waals surface area contributed by atoms with E-state index in [-0.39, 0.29) is 0 Å². The molecule has 2 aromatic heterocycles. The third-order valence-corrected chi connectivity index (χ3v) is 9.51. The Morgan fingerprint density at radius 3 is 1.66 bits per heavy atom. The van der Waals surface area contributed by atoms with E-state index in [1.165, 1.54) is 54.1 Å². The van der Waals surface area contributed by atoms with E-state index in [4.69, 9.17) is 9.97 Å². The van der Waals surface area contributed by atoms with Crippen molar-refractivity contribution in [1.82, 2.24) is 14.5 Å². The average molecular weight is 598 g/mol. The van der Waals surface area contributed by atoms with Gasteiger partial charge in [0.2, 0.25) is 0 Å². The number of para-hydroxylation sites is 2. The third kappa shape index (κ3) is 4.07. The van der Waals surface area contributed by atoms with Crippen molar-refractivity contribution < 1.29 is 0 Å². The quantitative estimate of drug-likeness (QED) is 0.203. The minimum absolute atomic E-state index is 0.879. The van der Waals surface area contributed by atoms with Crippen LogP contribution in [0.3, 0.4) is 0 Å². The molecule has 0 N–H and O–H groups in total. The number of benzene rings is 8. The van der Waals surface area contributed by atoms with Gasteiger partial charge in [-0.3, -0.25) is 0 Å². The van der Waals surface area contributed by atoms with Crippen LogP contribution in [0.5, 0.6) is 0 Å². The number of nitrogens with zero attached hydrogens (tertiary/aromatic N) is 3. The lowest BCUT2D eigenvalue weighted by atomic mass is 10.0. The second-order valence-corrected chi connectivity index (χ2v) is 12.3. The lowest BCUT2D eigenvalue weighted by Gasteiger charge is -2.13. The number of aromatic nitrogens is 3. The molecule has 8 aromatic carbocycles. The molecule has 0 amide bonds. The topological polar surface area (TPSA) is 30.7 Å². The minimum Gasteiger partial charge on any atom is -0.309 e. The molecule has 0 saturated carbocycles. The highest BCUT2D eigenvalue weighted by molar-refractivity contribution is 6.20. The molecule has 2 heterocycles. The smallest absolute Gasteiger partial charge is 0.0973 e. The van der Waals surface area contributed by atoms with Crippen molar-refractivity contribution in [3.8, 4) is 28.2 Å². The summed E-state index contributed by atoms with van der Waals surface area (Å²) in [6.45, 7) is 0. The Hall–Kier alpha value is -6.32. The van der Waals surface area contributed by atoms with E-state index < -0.39 is 0 Å². The zero-order valence-electron chi connectivity index (χ0n) is 25.4. The Morgan fingerprint density at radius 1 is 0.362 bits per heavy atom. The van der Waals surface area contributed by atoms with E-state index >= 15 is 0 Å². The minimum atomic E-state index is 0.879. The van der Waals surface area contributed by atoms with Gasteiger partial charge in [-0.15, -0.1) is 0 Å². The second kappa shape index (κ2) is 10.1. The van der Waals surface area contributed by atoms with E-state index in [0.29, 0.717) is 0 Å². The van der Waals surface area contributed by atoms with Crippen molar-refractivity contribution in [3.05, 3.63) is 164 Å². The molecule has 0 unspecified atom stereocenters. The molecular formula is C44H27N3. The summed E-state index contributed by atoms with van der Waals surface area (Å²) in [5, 5.41) is 9.87. The first-order chi connectivity index (χ1) is 23.3. The molecule has 0 aliphatic carbocycles. The number of fused-ring (bicyclic) bond motifs is 8. The monoisotopic (exact) mass is 597 g/mol. The van der Waals surface area contributed by atoms with E-state index in [1.54, 1.807) is 0 Å². The van der Waals surface area contributed by atoms with Gasteiger partial charge in [-0.2, -0.15) is 0 Å². The van der Waals surface area contributed by atoms with Gasteiger partial charge in [0.1, 0.15) is 0 Å². The van der Waals surface area contributed by atoms with Crippen molar-refractivity contribution in [1.29, 1.82) is 0 Å². The number of hydrogen-bond donors (Lipinski definition) is 0. The molecule has 3 heteroatoms. The van der Waals surface area contributed by atoms with Crippen LogP contribution in [0.4, 0.5) is 0 Å². The lowest BCUT2D eigenvalue weighted by molar-refractivity contribution is 1.19. The first-order valence-electron chi connectivity index (χ1n) is 16.0. The molecule has 10 rings (SSSR count). The SMILES string of the molecule is c1ccc2cc(-c3nc4ccccc4nc3-c3ccc(-n4c5cc6ccccc6cc5c5ccc6ccccc6c54)cc3)ccc2c1. The highest BCUT2D eigenvalue weighted by atomic mass is 15.0. The molecule has 0 radical (unpaired) electrons. The van der Waals surface area contributed by atoms with Gasteiger partial charge in [0.05, 0.1) is 33.5 Å². The largest absolute Gasteiger partial charge is 0.309 e. The Balaban J connectivity index is 1.20. The maximum atomic E-state index is 5.20. The molecule has 0 saturated heterocycles. The van der Waals surface area contributed by atoms with Crippen LogP contribution < -0.4 is 0 Å². The average Bonchev–Trinajstić information content (AvgIpc) is 3.46. The summed E-state index contributed by atoms with van der Waals surface area (Å²) < 4.78 is 2.43. The molecule has 0 aliphatic heterocycles. The fourth-order valence-electron chi connectivity index (χ4n) is 7.24. The Kier molecular flexibility index (Phi) is 5.57. The van der Waals surface area contributed by atoms with Crippen molar-refractivity contribution in [2.75, 3.05) is 0 Å². The number of rotatable bonds is 3. The Bertz CT molecular complexity index is 2840. The molecular weight excluding hydrogens is 571 g/mol. The summed E-state index contributed by atoms with van der Waals surface area (Å²) in [5.41, 5.74) is 9.17. The van der Waals surface area contributed by atoms with Crippen LogP contribution in [0.2, 0.25) is 0 Å². The highest BCUT2D eigenvalue weighted by Gasteiger charge is 2.18. The third-order valence-electron chi connectivity index (χ3n) is 9.51. The summed E-state index contributed by atoms with van der Waals surface area (Å²) in [7, 11) is 0. The van der Waals surface area contributed by atoms with Gasteiger partial charge in [-0.1, -0.05) is 121 Å². The predicted molar refractivity (Wildman–Crippen MR) is 197 cm³/mol. The van der Waals surface area contributed by atoms with Crippen molar-refractivity contribution in [2.45, 2.75) is 0 Å². The van der Waals surface area contributed by atoms with Crippen LogP contribution in [0.15, 0.2) is 164 Å². The zero-order valence-corrected chi connectivity index (χ0v) is 25.4. The molecule has 0 atom stereocenters. The summed E-state index contributed by atoms with van der Waals surface area (Å²) in [6, 6.07) is 58.5. The number of hydrogen-bond acceptors (Lipinski definition) is 2. The van der Waals surface area contributed by atoms with Crippen LogP contribution in [0.25, 0.3) is 93.4 Å². The normalized spacial score (nSPS) is 11.8. The van der Waals surface area contributed by atoms with Crippen molar-refractivity contribution in [2.24, 2.45) is 0 Å². The predicted octanol–water partition coefficient (Wildman–Crippen LogP) is 11.5. The van der Waals surface area contributed by atoms with Gasteiger partial charge in [0.15, 0.2) is 0 Å². The molecule has 3 nitrogen and oxygen atoms in total. The Morgan fingerprint density at radius 2 is 0.915 bits per heavy atom. The summed E-state index contributed by atoms with van der Waals surface area (Å²) in [6.07, 6.45) is 0. The molecule has 10 aromatic rings. The fourth-order valence-corrected chi connectivity index (χ4v) is 7.24. The van der Waals surface area contributed by atoms with E-state index in [1.807, 2.05) is 24.3 Å². The van der Waals surface area contributed by atoms with Gasteiger partial charge in [-0.05, 0) is 69.4 Å². The van der Waals surface area contributed by atoms with Crippen LogP contribution in [0.1, 0.15) is 0 Å². The molecule has 47 heavy (non-hydrogen) atoms. The maximum Gasteiger partial charge on any atom is 0.0973 e. The van der Waals surface area contributed by atoms with Gasteiger partial charge in [0.25, 0.3) is 0 Å². The summed E-state index contributed by atoms with van der Waals surface area (Å²) in [4.78, 5) is 10.4. The summed E-state index contributed by atoms with van der Waals surface area (Å²) >= 11 is 0. The van der Waals surface area contributed by atoms with Gasteiger partial charge in [-0.25, -0.2) is 9.97 Å². The van der Waals surface area contributed by atoms with E-state index in [9.17, 15) is 0 Å². The fraction of sp³-hybridized carbons (Fsp3) is 0. The first kappa shape index (κ1) is 26.0. The van der Waals surface area contributed by atoms with Crippen LogP contribution >= 0.6 is 0 Å². The maximum absolute atomic E-state index is 5.20. The zero-order chi connectivity index (χ0) is 30.9. The standard InChI is InChI=1S/C44H27N3/c1-2-11-31-25-34(18-17-28(31)9-1)43-42(45-39-15-7-8-16-40(39)46-43)30-19-22-35(23-20-30)47-41-27-33-13-4-3-12-32(33)26-38(41)37-24-21-29-10-5-6-14-36(29)44(37)47/h1-27H. The van der Waals surface area contributed by atoms with E-state index in [2.05, 4.69) is 144 Å². The second-order valence-electron chi connectivity index (χ2n) is 12.3. The van der Waals surface area contributed by atoms with Crippen molar-refractivity contribution in [3.63, 3.8) is 0 Å². The van der Waals surface area contributed by atoms with Crippen LogP contribution in [-0.4, -0.2) is 14.5 Å². The van der Waals surface area contributed by atoms with Crippen LogP contribution in [0, 0.1) is 0 Å². The molecule has 0 fully saturated rings. The van der Waals surface area contributed by atoms with Gasteiger partial charge < -0.3 is 4.57 Å². The molecule has 0 bridgehead atoms. The lowest BCUT2D eigenvalue weighted by Crippen LogP contribution is -1.97. The van der Waals surface area contributed by atoms with Gasteiger partial charge >= 0.3 is 0 Å². The molecule has 0 aliphatic rings. The highest BCUT2D eigenvalue weighted by Crippen LogP contribution is 2.39. The van der Waals surface area contributed by atoms with Gasteiger partial charge in [0, 0.05) is 33.0 Å². The molecule has 0 spiro atoms. The Labute approximate surface area is 271 Å². The first-order valence-corrected chi connectivity index (χ1v) is 16.0.